The van der Waals surface area contributed by atoms with Gasteiger partial charge in [-0.2, -0.15) is 0 Å². The fourth-order valence-electron chi connectivity index (χ4n) is 0.571. The molecule has 0 aliphatic carbocycles. The van der Waals surface area contributed by atoms with Gasteiger partial charge in [0.2, 0.25) is 0 Å². The van der Waals surface area contributed by atoms with E-state index in [0.29, 0.717) is 5.82 Å². The zero-order valence-electron chi connectivity index (χ0n) is 6.07. The molecule has 0 aliphatic rings. The molecule has 9 heavy (non-hydrogen) atoms. The topological polar surface area (TPSA) is 38.0 Å². The van der Waals surface area contributed by atoms with Crippen LogP contribution in [0.5, 0.6) is 0 Å². The molecule has 0 unspecified atom stereocenters. The van der Waals surface area contributed by atoms with E-state index < -0.39 is 0 Å². The minimum Gasteiger partial charge on any atom is -0.386 e. The van der Waals surface area contributed by atoms with Crippen LogP contribution in [0.4, 0.5) is 0 Å². The third kappa shape index (κ3) is 3.64. The molecule has 52 valence electrons. The molecule has 0 amide bonds. The number of rotatable bonds is 3. The van der Waals surface area contributed by atoms with E-state index >= 15 is 0 Å². The fraction of sp³-hybridized carbons (Fsp3) is 0.429. The van der Waals surface area contributed by atoms with Gasteiger partial charge in [0.25, 0.3) is 0 Å². The quantitative estimate of drug-likeness (QED) is 0.598. The second-order valence-corrected chi connectivity index (χ2v) is 1.82. The highest BCUT2D eigenvalue weighted by atomic mass is 15.0. The first-order valence-corrected chi connectivity index (χ1v) is 3.07. The Labute approximate surface area is 56.4 Å². The average Bonchev–Trinajstić information content (AvgIpc) is 1.82. The smallest absolute Gasteiger partial charge is 0.0928 e. The SMILES string of the molecule is C=C(N)N/C(=C/C)CC. The molecule has 0 saturated carbocycles. The predicted molar refractivity (Wildman–Crippen MR) is 40.5 cm³/mol. The molecule has 0 rings (SSSR count). The fourth-order valence-corrected chi connectivity index (χ4v) is 0.571. The first kappa shape index (κ1) is 8.08. The molecular formula is C7H14N2. The van der Waals surface area contributed by atoms with Crippen LogP contribution in [-0.2, 0) is 0 Å². The molecule has 0 radical (unpaired) electrons. The van der Waals surface area contributed by atoms with E-state index in [1.165, 1.54) is 0 Å². The Morgan fingerprint density at radius 1 is 1.78 bits per heavy atom. The van der Waals surface area contributed by atoms with Crippen molar-refractivity contribution < 1.29 is 0 Å². The highest BCUT2D eigenvalue weighted by Crippen LogP contribution is 1.94. The second-order valence-electron chi connectivity index (χ2n) is 1.82. The summed E-state index contributed by atoms with van der Waals surface area (Å²) in [4.78, 5) is 0. The molecule has 0 atom stereocenters. The van der Waals surface area contributed by atoms with Gasteiger partial charge in [-0.15, -0.1) is 0 Å². The van der Waals surface area contributed by atoms with Crippen molar-refractivity contribution >= 4 is 0 Å². The van der Waals surface area contributed by atoms with Gasteiger partial charge >= 0.3 is 0 Å². The molecular weight excluding hydrogens is 112 g/mol. The van der Waals surface area contributed by atoms with E-state index in [0.717, 1.165) is 12.1 Å². The Balaban J connectivity index is 3.71. The second kappa shape index (κ2) is 4.01. The molecule has 0 bridgehead atoms. The number of hydrogen-bond donors (Lipinski definition) is 2. The number of nitrogens with one attached hydrogen (secondary N) is 1. The van der Waals surface area contributed by atoms with Crippen molar-refractivity contribution in [1.82, 2.24) is 5.32 Å². The van der Waals surface area contributed by atoms with Crippen molar-refractivity contribution in [3.8, 4) is 0 Å². The van der Waals surface area contributed by atoms with Crippen LogP contribution in [0.3, 0.4) is 0 Å². The van der Waals surface area contributed by atoms with Crippen molar-refractivity contribution in [1.29, 1.82) is 0 Å². The van der Waals surface area contributed by atoms with Crippen LogP contribution < -0.4 is 11.1 Å². The van der Waals surface area contributed by atoms with E-state index in [1.54, 1.807) is 0 Å². The van der Waals surface area contributed by atoms with Gasteiger partial charge < -0.3 is 11.1 Å². The maximum absolute atomic E-state index is 5.30. The van der Waals surface area contributed by atoms with E-state index in [2.05, 4.69) is 18.8 Å². The van der Waals surface area contributed by atoms with Gasteiger partial charge in [-0.1, -0.05) is 19.6 Å². The Kier molecular flexibility index (Phi) is 3.60. The zero-order valence-corrected chi connectivity index (χ0v) is 6.07. The van der Waals surface area contributed by atoms with E-state index in [-0.39, 0.29) is 0 Å². The summed E-state index contributed by atoms with van der Waals surface area (Å²) in [6, 6.07) is 0. The first-order valence-electron chi connectivity index (χ1n) is 3.07. The van der Waals surface area contributed by atoms with Gasteiger partial charge in [0, 0.05) is 5.70 Å². The molecule has 0 fully saturated rings. The van der Waals surface area contributed by atoms with E-state index in [1.807, 2.05) is 13.0 Å². The van der Waals surface area contributed by atoms with Crippen molar-refractivity contribution in [2.24, 2.45) is 5.73 Å². The van der Waals surface area contributed by atoms with Crippen molar-refractivity contribution in [2.75, 3.05) is 0 Å². The Morgan fingerprint density at radius 2 is 2.33 bits per heavy atom. The highest BCUT2D eigenvalue weighted by Gasteiger charge is 1.88. The summed E-state index contributed by atoms with van der Waals surface area (Å²) in [6.45, 7) is 7.54. The van der Waals surface area contributed by atoms with Gasteiger partial charge in [0.05, 0.1) is 5.82 Å². The van der Waals surface area contributed by atoms with Gasteiger partial charge in [-0.3, -0.25) is 0 Å². The Hall–Kier alpha value is -0.920. The summed E-state index contributed by atoms with van der Waals surface area (Å²) in [5.41, 5.74) is 6.41. The van der Waals surface area contributed by atoms with Crippen LogP contribution >= 0.6 is 0 Å². The maximum atomic E-state index is 5.30. The normalized spacial score (nSPS) is 11.1. The van der Waals surface area contributed by atoms with Gasteiger partial charge in [-0.25, -0.2) is 0 Å². The standard InChI is InChI=1S/C7H14N2/c1-4-7(5-2)9-6(3)8/h4,9H,3,5,8H2,1-2H3/b7-4+. The lowest BCUT2D eigenvalue weighted by Crippen LogP contribution is -2.17. The molecule has 0 saturated heterocycles. The highest BCUT2D eigenvalue weighted by molar-refractivity contribution is 5.04. The average molecular weight is 126 g/mol. The number of allylic oxidation sites excluding steroid dienone is 2. The minimum atomic E-state index is 0.505. The number of nitrogens with two attached hydrogens (primary N) is 1. The summed E-state index contributed by atoms with van der Waals surface area (Å²) in [5, 5.41) is 2.92. The Bertz CT molecular complexity index is 125. The van der Waals surface area contributed by atoms with Crippen LogP contribution in [-0.4, -0.2) is 0 Å². The van der Waals surface area contributed by atoms with Crippen LogP contribution in [0.1, 0.15) is 20.3 Å². The summed E-state index contributed by atoms with van der Waals surface area (Å²) in [5.74, 6) is 0.505. The lowest BCUT2D eigenvalue weighted by atomic mass is 10.3. The van der Waals surface area contributed by atoms with E-state index in [4.69, 9.17) is 5.73 Å². The van der Waals surface area contributed by atoms with Crippen molar-refractivity contribution in [3.63, 3.8) is 0 Å². The third-order valence-corrected chi connectivity index (χ3v) is 1.05. The zero-order chi connectivity index (χ0) is 7.28. The largest absolute Gasteiger partial charge is 0.386 e. The van der Waals surface area contributed by atoms with Crippen molar-refractivity contribution in [2.45, 2.75) is 20.3 Å². The van der Waals surface area contributed by atoms with Crippen molar-refractivity contribution in [3.05, 3.63) is 24.2 Å². The monoisotopic (exact) mass is 126 g/mol. The molecule has 0 aromatic rings. The van der Waals surface area contributed by atoms with Gasteiger partial charge in [-0.05, 0) is 13.3 Å². The molecule has 2 heteroatoms. The maximum Gasteiger partial charge on any atom is 0.0928 e. The summed E-state index contributed by atoms with van der Waals surface area (Å²) < 4.78 is 0. The summed E-state index contributed by atoms with van der Waals surface area (Å²) >= 11 is 0. The molecule has 2 nitrogen and oxygen atoms in total. The molecule has 0 aromatic heterocycles. The first-order chi connectivity index (χ1) is 4.20. The van der Waals surface area contributed by atoms with Gasteiger partial charge in [0.15, 0.2) is 0 Å². The van der Waals surface area contributed by atoms with Crippen LogP contribution in [0.2, 0.25) is 0 Å². The van der Waals surface area contributed by atoms with Crippen LogP contribution in [0.15, 0.2) is 24.2 Å². The van der Waals surface area contributed by atoms with Crippen LogP contribution in [0.25, 0.3) is 0 Å². The summed E-state index contributed by atoms with van der Waals surface area (Å²) in [7, 11) is 0. The molecule has 0 aliphatic heterocycles. The molecule has 3 N–H and O–H groups in total. The van der Waals surface area contributed by atoms with Crippen LogP contribution in [0, 0.1) is 0 Å². The lowest BCUT2D eigenvalue weighted by molar-refractivity contribution is 0.879. The van der Waals surface area contributed by atoms with E-state index in [9.17, 15) is 0 Å². The summed E-state index contributed by atoms with van der Waals surface area (Å²) in [6.07, 6.45) is 2.95. The molecule has 0 heterocycles. The molecule has 0 spiro atoms. The lowest BCUT2D eigenvalue weighted by Gasteiger charge is -2.05. The minimum absolute atomic E-state index is 0.505. The predicted octanol–water partition coefficient (Wildman–Crippen LogP) is 1.32. The Morgan fingerprint density at radius 3 is 2.44 bits per heavy atom. The third-order valence-electron chi connectivity index (χ3n) is 1.05. The molecule has 0 aromatic carbocycles. The number of hydrogen-bond acceptors (Lipinski definition) is 2. The van der Waals surface area contributed by atoms with Gasteiger partial charge in [0.1, 0.15) is 0 Å².